The maximum Gasteiger partial charge on any atom is 0.0207 e. The number of hydrogen-bond acceptors (Lipinski definition) is 2. The van der Waals surface area contributed by atoms with E-state index in [1.807, 2.05) is 0 Å². The second-order valence-electron chi connectivity index (χ2n) is 6.74. The van der Waals surface area contributed by atoms with Gasteiger partial charge in [0.15, 0.2) is 0 Å². The summed E-state index contributed by atoms with van der Waals surface area (Å²) in [7, 11) is 0. The van der Waals surface area contributed by atoms with Gasteiger partial charge in [-0.2, -0.15) is 0 Å². The Morgan fingerprint density at radius 2 is 1.94 bits per heavy atom. The van der Waals surface area contributed by atoms with Crippen LogP contribution in [0.4, 0.5) is 0 Å². The van der Waals surface area contributed by atoms with Crippen molar-refractivity contribution in [3.8, 4) is 0 Å². The van der Waals surface area contributed by atoms with Gasteiger partial charge in [0, 0.05) is 31.7 Å². The Kier molecular flexibility index (Phi) is 3.60. The molecule has 1 N–H and O–H groups in total. The Labute approximate surface area is 101 Å². The quantitative estimate of drug-likeness (QED) is 0.772. The Morgan fingerprint density at radius 1 is 1.25 bits per heavy atom. The molecule has 1 saturated heterocycles. The average Bonchev–Trinajstić information content (AvgIpc) is 2.95. The molecule has 0 radical (unpaired) electrons. The average molecular weight is 224 g/mol. The summed E-state index contributed by atoms with van der Waals surface area (Å²) < 4.78 is 0. The molecule has 0 aromatic rings. The smallest absolute Gasteiger partial charge is 0.0207 e. The normalized spacial score (nSPS) is 27.9. The van der Waals surface area contributed by atoms with Crippen LogP contribution in [0.25, 0.3) is 0 Å². The first-order chi connectivity index (χ1) is 7.49. The van der Waals surface area contributed by atoms with Crippen molar-refractivity contribution < 1.29 is 0 Å². The van der Waals surface area contributed by atoms with Crippen LogP contribution in [-0.4, -0.2) is 36.6 Å². The van der Waals surface area contributed by atoms with E-state index in [2.05, 4.69) is 37.9 Å². The van der Waals surface area contributed by atoms with Gasteiger partial charge in [0.05, 0.1) is 0 Å². The molecule has 16 heavy (non-hydrogen) atoms. The first-order valence-corrected chi connectivity index (χ1v) is 6.96. The molecule has 1 atom stereocenters. The van der Waals surface area contributed by atoms with Gasteiger partial charge in [-0.15, -0.1) is 0 Å². The Balaban J connectivity index is 1.70. The lowest BCUT2D eigenvalue weighted by atomic mass is 9.81. The highest BCUT2D eigenvalue weighted by atomic mass is 15.2. The second kappa shape index (κ2) is 4.66. The van der Waals surface area contributed by atoms with E-state index in [1.165, 1.54) is 32.4 Å². The minimum atomic E-state index is 0.424. The molecule has 2 aliphatic rings. The molecule has 0 aromatic carbocycles. The van der Waals surface area contributed by atoms with Crippen molar-refractivity contribution in [2.45, 2.75) is 59.0 Å². The van der Waals surface area contributed by atoms with Crippen LogP contribution in [-0.2, 0) is 0 Å². The molecule has 1 aliphatic carbocycles. The van der Waals surface area contributed by atoms with E-state index in [1.54, 1.807) is 0 Å². The fourth-order valence-electron chi connectivity index (χ4n) is 2.34. The number of rotatable bonds is 5. The third-order valence-electron chi connectivity index (χ3n) is 4.69. The van der Waals surface area contributed by atoms with Gasteiger partial charge in [0.25, 0.3) is 0 Å². The lowest BCUT2D eigenvalue weighted by molar-refractivity contribution is 0.226. The maximum atomic E-state index is 3.77. The third-order valence-corrected chi connectivity index (χ3v) is 4.69. The summed E-state index contributed by atoms with van der Waals surface area (Å²) in [6.07, 6.45) is 4.25. The second-order valence-corrected chi connectivity index (χ2v) is 6.74. The molecule has 1 saturated carbocycles. The predicted octanol–water partition coefficient (Wildman–Crippen LogP) is 2.49. The fraction of sp³-hybridized carbons (Fsp3) is 1.00. The molecule has 2 heteroatoms. The molecule has 0 aromatic heterocycles. The van der Waals surface area contributed by atoms with Crippen molar-refractivity contribution in [1.29, 1.82) is 0 Å². The molecule has 0 spiro atoms. The summed E-state index contributed by atoms with van der Waals surface area (Å²) in [6.45, 7) is 13.2. The zero-order chi connectivity index (χ0) is 11.8. The first-order valence-electron chi connectivity index (χ1n) is 6.96. The van der Waals surface area contributed by atoms with Gasteiger partial charge in [-0.05, 0) is 30.6 Å². The standard InChI is InChI=1S/C14H28N2/c1-11(2)14(3,4)10-15-12-7-8-16(9-12)13-5-6-13/h11-13,15H,5-10H2,1-4H3. The molecular weight excluding hydrogens is 196 g/mol. The lowest BCUT2D eigenvalue weighted by Gasteiger charge is -2.31. The molecule has 94 valence electrons. The third kappa shape index (κ3) is 2.98. The largest absolute Gasteiger partial charge is 0.312 e. The lowest BCUT2D eigenvalue weighted by Crippen LogP contribution is -2.41. The van der Waals surface area contributed by atoms with Crippen molar-refractivity contribution in [2.24, 2.45) is 11.3 Å². The summed E-state index contributed by atoms with van der Waals surface area (Å²) in [5.74, 6) is 0.751. The number of nitrogens with zero attached hydrogens (tertiary/aromatic N) is 1. The van der Waals surface area contributed by atoms with Crippen molar-refractivity contribution >= 4 is 0 Å². The Morgan fingerprint density at radius 3 is 2.50 bits per heavy atom. The van der Waals surface area contributed by atoms with Gasteiger partial charge in [0.2, 0.25) is 0 Å². The minimum absolute atomic E-state index is 0.424. The van der Waals surface area contributed by atoms with E-state index < -0.39 is 0 Å². The summed E-state index contributed by atoms with van der Waals surface area (Å²) >= 11 is 0. The molecule has 2 fully saturated rings. The zero-order valence-corrected chi connectivity index (χ0v) is 11.4. The van der Waals surface area contributed by atoms with Crippen LogP contribution in [0.5, 0.6) is 0 Å². The highest BCUT2D eigenvalue weighted by Gasteiger charge is 2.34. The van der Waals surface area contributed by atoms with E-state index in [0.29, 0.717) is 5.41 Å². The zero-order valence-electron chi connectivity index (χ0n) is 11.4. The summed E-state index contributed by atoms with van der Waals surface area (Å²) in [4.78, 5) is 2.68. The van der Waals surface area contributed by atoms with E-state index >= 15 is 0 Å². The molecule has 0 bridgehead atoms. The Hall–Kier alpha value is -0.0800. The number of nitrogens with one attached hydrogen (secondary N) is 1. The molecule has 1 heterocycles. The fourth-order valence-corrected chi connectivity index (χ4v) is 2.34. The highest BCUT2D eigenvalue weighted by molar-refractivity contribution is 4.92. The van der Waals surface area contributed by atoms with Crippen molar-refractivity contribution in [2.75, 3.05) is 19.6 Å². The van der Waals surface area contributed by atoms with Gasteiger partial charge < -0.3 is 5.32 Å². The summed E-state index contributed by atoms with van der Waals surface area (Å²) in [5, 5.41) is 3.77. The van der Waals surface area contributed by atoms with E-state index in [-0.39, 0.29) is 0 Å². The topological polar surface area (TPSA) is 15.3 Å². The first kappa shape index (κ1) is 12.4. The van der Waals surface area contributed by atoms with Crippen LogP contribution in [0.3, 0.4) is 0 Å². The van der Waals surface area contributed by atoms with Crippen molar-refractivity contribution in [3.05, 3.63) is 0 Å². The summed E-state index contributed by atoms with van der Waals surface area (Å²) in [6, 6.07) is 1.70. The molecule has 1 aliphatic heterocycles. The van der Waals surface area contributed by atoms with Crippen LogP contribution >= 0.6 is 0 Å². The molecule has 2 nitrogen and oxygen atoms in total. The monoisotopic (exact) mass is 224 g/mol. The molecule has 0 amide bonds. The van der Waals surface area contributed by atoms with E-state index in [9.17, 15) is 0 Å². The van der Waals surface area contributed by atoms with Crippen LogP contribution in [0.1, 0.15) is 47.0 Å². The van der Waals surface area contributed by atoms with Gasteiger partial charge in [-0.25, -0.2) is 0 Å². The molecular formula is C14H28N2. The predicted molar refractivity (Wildman–Crippen MR) is 69.6 cm³/mol. The van der Waals surface area contributed by atoms with Gasteiger partial charge in [-0.1, -0.05) is 27.7 Å². The SMILES string of the molecule is CC(C)C(C)(C)CNC1CCN(C2CC2)C1. The van der Waals surface area contributed by atoms with Crippen LogP contribution in [0, 0.1) is 11.3 Å². The van der Waals surface area contributed by atoms with Crippen LogP contribution in [0.15, 0.2) is 0 Å². The maximum absolute atomic E-state index is 3.77. The number of hydrogen-bond donors (Lipinski definition) is 1. The highest BCUT2D eigenvalue weighted by Crippen LogP contribution is 2.30. The molecule has 2 rings (SSSR count). The van der Waals surface area contributed by atoms with Crippen molar-refractivity contribution in [3.63, 3.8) is 0 Å². The summed E-state index contributed by atoms with van der Waals surface area (Å²) in [5.41, 5.74) is 0.424. The Bertz CT molecular complexity index is 231. The van der Waals surface area contributed by atoms with Gasteiger partial charge in [0.1, 0.15) is 0 Å². The van der Waals surface area contributed by atoms with Crippen LogP contribution < -0.4 is 5.32 Å². The van der Waals surface area contributed by atoms with Gasteiger partial charge in [-0.3, -0.25) is 4.90 Å². The number of likely N-dealkylation sites (tertiary alicyclic amines) is 1. The van der Waals surface area contributed by atoms with Crippen molar-refractivity contribution in [1.82, 2.24) is 10.2 Å². The van der Waals surface area contributed by atoms with Gasteiger partial charge >= 0.3 is 0 Å². The molecule has 1 unspecified atom stereocenters. The van der Waals surface area contributed by atoms with E-state index in [0.717, 1.165) is 24.5 Å². The van der Waals surface area contributed by atoms with E-state index in [4.69, 9.17) is 0 Å². The minimum Gasteiger partial charge on any atom is -0.312 e. The van der Waals surface area contributed by atoms with Crippen LogP contribution in [0.2, 0.25) is 0 Å².